The second kappa shape index (κ2) is 8.43. The van der Waals surface area contributed by atoms with Crippen molar-refractivity contribution in [1.29, 1.82) is 0 Å². The van der Waals surface area contributed by atoms with Crippen LogP contribution in [0.1, 0.15) is 29.9 Å². The molecule has 0 bridgehead atoms. The van der Waals surface area contributed by atoms with Crippen LogP contribution in [0.5, 0.6) is 0 Å². The van der Waals surface area contributed by atoms with Gasteiger partial charge in [-0.25, -0.2) is 4.68 Å². The van der Waals surface area contributed by atoms with Crippen molar-refractivity contribution < 1.29 is 19.6 Å². The summed E-state index contributed by atoms with van der Waals surface area (Å²) in [5, 5.41) is 29.9. The van der Waals surface area contributed by atoms with Crippen molar-refractivity contribution in [2.45, 2.75) is 37.1 Å². The van der Waals surface area contributed by atoms with Gasteiger partial charge in [-0.3, -0.25) is 19.7 Å². The average molecular weight is 379 g/mol. The summed E-state index contributed by atoms with van der Waals surface area (Å²) in [6.07, 6.45) is 1.41. The summed E-state index contributed by atoms with van der Waals surface area (Å²) in [5.74, 6) is -1.54. The number of hydrogen-bond acceptors (Lipinski definition) is 7. The lowest BCUT2D eigenvalue weighted by Crippen LogP contribution is -2.24. The van der Waals surface area contributed by atoms with E-state index in [1.165, 1.54) is 30.1 Å². The third-order valence-electron chi connectivity index (χ3n) is 3.09. The van der Waals surface area contributed by atoms with E-state index in [1.807, 2.05) is 13.8 Å². The topological polar surface area (TPSA) is 140 Å². The molecule has 0 spiro atoms. The Labute approximate surface area is 152 Å². The number of nitrogens with one attached hydrogen (secondary N) is 1. The number of hydrogen-bond donors (Lipinski definition) is 2. The van der Waals surface area contributed by atoms with Crippen molar-refractivity contribution in [2.24, 2.45) is 0 Å². The highest BCUT2D eigenvalue weighted by Crippen LogP contribution is 2.29. The maximum atomic E-state index is 12.5. The number of nitro groups is 1. The number of carbonyl (C=O) groups excluding carboxylic acids is 1. The maximum Gasteiger partial charge on any atom is 0.325 e. The molecule has 0 atom stereocenters. The van der Waals surface area contributed by atoms with E-state index in [-0.39, 0.29) is 29.6 Å². The summed E-state index contributed by atoms with van der Waals surface area (Å²) in [6.45, 7) is 3.59. The van der Waals surface area contributed by atoms with E-state index in [9.17, 15) is 19.7 Å². The number of thioether (sulfide) groups is 1. The van der Waals surface area contributed by atoms with Crippen LogP contribution < -0.4 is 5.32 Å². The average Bonchev–Trinajstić information content (AvgIpc) is 2.98. The number of aromatic nitrogens is 3. The molecule has 0 fully saturated rings. The number of amides is 1. The van der Waals surface area contributed by atoms with Crippen LogP contribution in [0.25, 0.3) is 0 Å². The third kappa shape index (κ3) is 5.28. The van der Waals surface area contributed by atoms with Crippen LogP contribution >= 0.6 is 11.8 Å². The molecular formula is C15H17N5O5S. The Bertz CT molecular complexity index is 836. The molecule has 0 aliphatic carbocycles. The highest BCUT2D eigenvalue weighted by molar-refractivity contribution is 8.00. The summed E-state index contributed by atoms with van der Waals surface area (Å²) in [7, 11) is 0. The maximum absolute atomic E-state index is 12.5. The summed E-state index contributed by atoms with van der Waals surface area (Å²) in [4.78, 5) is 34.2. The van der Waals surface area contributed by atoms with Gasteiger partial charge >= 0.3 is 5.97 Å². The molecule has 1 aromatic carbocycles. The molecule has 1 aromatic heterocycles. The van der Waals surface area contributed by atoms with Crippen molar-refractivity contribution >= 4 is 29.3 Å². The van der Waals surface area contributed by atoms with E-state index >= 15 is 0 Å². The van der Waals surface area contributed by atoms with E-state index in [0.717, 1.165) is 4.68 Å². The summed E-state index contributed by atoms with van der Waals surface area (Å²) < 4.78 is 1.14. The second-order valence-electron chi connectivity index (χ2n) is 5.59. The molecule has 0 saturated carbocycles. The van der Waals surface area contributed by atoms with Gasteiger partial charge in [0.25, 0.3) is 11.6 Å². The predicted octanol–water partition coefficient (Wildman–Crippen LogP) is 1.70. The molecule has 0 aliphatic heterocycles. The fraction of sp³-hybridized carbons (Fsp3) is 0.333. The first-order chi connectivity index (χ1) is 12.3. The van der Waals surface area contributed by atoms with Gasteiger partial charge in [-0.05, 0) is 6.07 Å². The molecule has 138 valence electrons. The molecule has 0 aliphatic rings. The minimum Gasteiger partial charge on any atom is -0.480 e. The lowest BCUT2D eigenvalue weighted by Gasteiger charge is -2.11. The SMILES string of the molecule is CC(C)Sc1ccc([N+](=O)[O-])cc1C(=O)NCc1cn(CC(=O)O)nn1. The monoisotopic (exact) mass is 379 g/mol. The van der Waals surface area contributed by atoms with Gasteiger partial charge < -0.3 is 10.4 Å². The van der Waals surface area contributed by atoms with Crippen molar-refractivity contribution in [3.05, 3.63) is 45.8 Å². The van der Waals surface area contributed by atoms with Crippen LogP contribution in [-0.2, 0) is 17.9 Å². The van der Waals surface area contributed by atoms with E-state index in [4.69, 9.17) is 5.11 Å². The number of benzene rings is 1. The van der Waals surface area contributed by atoms with Crippen LogP contribution in [-0.4, -0.2) is 42.2 Å². The Hall–Kier alpha value is -2.95. The van der Waals surface area contributed by atoms with Crippen molar-refractivity contribution in [1.82, 2.24) is 20.3 Å². The van der Waals surface area contributed by atoms with E-state index in [1.54, 1.807) is 6.07 Å². The zero-order chi connectivity index (χ0) is 19.3. The van der Waals surface area contributed by atoms with Crippen LogP contribution in [0.3, 0.4) is 0 Å². The van der Waals surface area contributed by atoms with Crippen LogP contribution in [0.2, 0.25) is 0 Å². The first kappa shape index (κ1) is 19.4. The number of nitro benzene ring substituents is 1. The number of nitrogens with zero attached hydrogens (tertiary/aromatic N) is 4. The standard InChI is InChI=1S/C15H17N5O5S/c1-9(2)26-13-4-3-11(20(24)25)5-12(13)15(23)16-6-10-7-19(18-17-10)8-14(21)22/h3-5,7,9H,6,8H2,1-2H3,(H,16,23)(H,21,22). The van der Waals surface area contributed by atoms with Crippen molar-refractivity contribution in [2.75, 3.05) is 0 Å². The van der Waals surface area contributed by atoms with Crippen LogP contribution in [0, 0.1) is 10.1 Å². The molecule has 26 heavy (non-hydrogen) atoms. The van der Waals surface area contributed by atoms with Gasteiger partial charge in [0.15, 0.2) is 0 Å². The molecule has 0 radical (unpaired) electrons. The highest BCUT2D eigenvalue weighted by atomic mass is 32.2. The van der Waals surface area contributed by atoms with Gasteiger partial charge in [-0.1, -0.05) is 19.1 Å². The summed E-state index contributed by atoms with van der Waals surface area (Å²) >= 11 is 1.43. The third-order valence-corrected chi connectivity index (χ3v) is 4.18. The first-order valence-corrected chi connectivity index (χ1v) is 8.48. The normalized spacial score (nSPS) is 10.7. The van der Waals surface area contributed by atoms with E-state index < -0.39 is 16.8 Å². The molecule has 1 amide bonds. The van der Waals surface area contributed by atoms with Crippen molar-refractivity contribution in [3.63, 3.8) is 0 Å². The molecule has 0 unspecified atom stereocenters. The zero-order valence-corrected chi connectivity index (χ0v) is 14.9. The number of rotatable bonds is 8. The van der Waals surface area contributed by atoms with Gasteiger partial charge in [-0.15, -0.1) is 16.9 Å². The fourth-order valence-corrected chi connectivity index (χ4v) is 3.00. The second-order valence-corrected chi connectivity index (χ2v) is 7.21. The number of carboxylic acids is 1. The lowest BCUT2D eigenvalue weighted by atomic mass is 10.2. The predicted molar refractivity (Wildman–Crippen MR) is 92.9 cm³/mol. The number of carbonyl (C=O) groups is 2. The van der Waals surface area contributed by atoms with Crippen LogP contribution in [0.4, 0.5) is 5.69 Å². The molecule has 2 N–H and O–H groups in total. The van der Waals surface area contributed by atoms with Gasteiger partial charge in [0, 0.05) is 22.3 Å². The summed E-state index contributed by atoms with van der Waals surface area (Å²) in [6, 6.07) is 4.15. The number of non-ortho nitro benzene ring substituents is 1. The van der Waals surface area contributed by atoms with E-state index in [2.05, 4.69) is 15.6 Å². The largest absolute Gasteiger partial charge is 0.480 e. The van der Waals surface area contributed by atoms with Gasteiger partial charge in [-0.2, -0.15) is 0 Å². The zero-order valence-electron chi connectivity index (χ0n) is 14.1. The van der Waals surface area contributed by atoms with Crippen molar-refractivity contribution in [3.8, 4) is 0 Å². The molecule has 0 saturated heterocycles. The molecule has 2 rings (SSSR count). The van der Waals surface area contributed by atoms with Gasteiger partial charge in [0.1, 0.15) is 12.2 Å². The van der Waals surface area contributed by atoms with Gasteiger partial charge in [0.2, 0.25) is 0 Å². The minimum atomic E-state index is -1.06. The molecule has 11 heteroatoms. The Kier molecular flexibility index (Phi) is 6.28. The Morgan fingerprint density at radius 2 is 2.15 bits per heavy atom. The van der Waals surface area contributed by atoms with Crippen LogP contribution in [0.15, 0.2) is 29.3 Å². The molecule has 10 nitrogen and oxygen atoms in total. The summed E-state index contributed by atoms with van der Waals surface area (Å²) in [5.41, 5.74) is 0.412. The molecule has 1 heterocycles. The quantitative estimate of drug-likeness (QED) is 0.401. The Balaban J connectivity index is 2.14. The fourth-order valence-electron chi connectivity index (χ4n) is 2.07. The highest BCUT2D eigenvalue weighted by Gasteiger charge is 2.18. The van der Waals surface area contributed by atoms with Gasteiger partial charge in [0.05, 0.1) is 23.2 Å². The molecular weight excluding hydrogens is 362 g/mol. The Morgan fingerprint density at radius 3 is 2.77 bits per heavy atom. The minimum absolute atomic E-state index is 0.0208. The smallest absolute Gasteiger partial charge is 0.325 e. The van der Waals surface area contributed by atoms with E-state index in [0.29, 0.717) is 10.6 Å². The lowest BCUT2D eigenvalue weighted by molar-refractivity contribution is -0.384. The number of aliphatic carboxylic acids is 1. The Morgan fingerprint density at radius 1 is 1.42 bits per heavy atom. The molecule has 2 aromatic rings. The first-order valence-electron chi connectivity index (χ1n) is 7.60. The number of carboxylic acid groups (broad SMARTS) is 1.